The van der Waals surface area contributed by atoms with Gasteiger partial charge in [0.05, 0.1) is 29.7 Å². The molecule has 0 atom stereocenters. The lowest BCUT2D eigenvalue weighted by atomic mass is 9.93. The van der Waals surface area contributed by atoms with E-state index in [0.29, 0.717) is 46.8 Å². The van der Waals surface area contributed by atoms with Crippen LogP contribution in [-0.2, 0) is 19.6 Å². The van der Waals surface area contributed by atoms with Crippen molar-refractivity contribution in [3.63, 3.8) is 0 Å². The van der Waals surface area contributed by atoms with Gasteiger partial charge in [0.25, 0.3) is 5.91 Å². The van der Waals surface area contributed by atoms with Gasteiger partial charge in [0.15, 0.2) is 5.82 Å². The topological polar surface area (TPSA) is 135 Å². The Morgan fingerprint density at radius 1 is 1.20 bits per heavy atom. The number of hydrogen-bond acceptors (Lipinski definition) is 8. The molecule has 41 heavy (non-hydrogen) atoms. The van der Waals surface area contributed by atoms with Gasteiger partial charge in [0.1, 0.15) is 5.82 Å². The molecule has 11 heteroatoms. The molecular formula is C30H31FN8O2. The van der Waals surface area contributed by atoms with Crippen molar-refractivity contribution in [3.8, 4) is 11.4 Å². The highest BCUT2D eigenvalue weighted by atomic mass is 19.1. The molecule has 210 valence electrons. The predicted molar refractivity (Wildman–Crippen MR) is 152 cm³/mol. The third kappa shape index (κ3) is 4.90. The monoisotopic (exact) mass is 554 g/mol. The van der Waals surface area contributed by atoms with Gasteiger partial charge in [0.2, 0.25) is 11.9 Å². The summed E-state index contributed by atoms with van der Waals surface area (Å²) in [4.78, 5) is 28.2. The van der Waals surface area contributed by atoms with Gasteiger partial charge in [-0.15, -0.1) is 0 Å². The lowest BCUT2D eigenvalue weighted by Crippen LogP contribution is -2.39. The minimum atomic E-state index is -0.490. The van der Waals surface area contributed by atoms with Gasteiger partial charge in [-0.05, 0) is 66.7 Å². The second-order valence-corrected chi connectivity index (χ2v) is 11.7. The third-order valence-corrected chi connectivity index (χ3v) is 8.34. The maximum atomic E-state index is 15.2. The summed E-state index contributed by atoms with van der Waals surface area (Å²) in [5, 5.41) is 18.0. The number of nitrogens with two attached hydrogens (primary N) is 1. The van der Waals surface area contributed by atoms with Gasteiger partial charge in [-0.25, -0.2) is 4.39 Å². The Bertz CT molecular complexity index is 1680. The SMILES string of the molecule is CC1(Cn2cc(Nc3nc(N)nc(-c4cccc(N5CCc6cc(C7CC7)cc(F)c6C5=O)c4CO)n3)cn2)CC1. The van der Waals surface area contributed by atoms with Gasteiger partial charge < -0.3 is 21.1 Å². The molecule has 1 amide bonds. The molecule has 2 fully saturated rings. The van der Waals surface area contributed by atoms with Crippen molar-refractivity contribution in [1.82, 2.24) is 24.7 Å². The lowest BCUT2D eigenvalue weighted by Gasteiger charge is -2.31. The second kappa shape index (κ2) is 9.62. The van der Waals surface area contributed by atoms with Crippen LogP contribution in [0.15, 0.2) is 42.7 Å². The predicted octanol–water partition coefficient (Wildman–Crippen LogP) is 4.57. The zero-order valence-corrected chi connectivity index (χ0v) is 22.8. The number of carbonyl (C=O) groups is 1. The fraction of sp³-hybridized carbons (Fsp3) is 0.367. The average Bonchev–Trinajstić information content (AvgIpc) is 3.87. The number of nitrogens with one attached hydrogen (secondary N) is 1. The van der Waals surface area contributed by atoms with Gasteiger partial charge >= 0.3 is 0 Å². The third-order valence-electron chi connectivity index (χ3n) is 8.34. The number of hydrogen-bond donors (Lipinski definition) is 3. The number of fused-ring (bicyclic) bond motifs is 1. The molecule has 2 saturated carbocycles. The fourth-order valence-corrected chi connectivity index (χ4v) is 5.65. The summed E-state index contributed by atoms with van der Waals surface area (Å²) >= 11 is 0. The Balaban J connectivity index is 1.19. The van der Waals surface area contributed by atoms with Crippen molar-refractivity contribution in [2.45, 2.75) is 58.1 Å². The molecule has 10 nitrogen and oxygen atoms in total. The standard InChI is InChI=1S/C30H31FN8O2/c1-30(8-9-30)16-38-14-20(13-33-38)34-29-36-26(35-28(32)37-29)21-3-2-4-24(22(21)15-40)39-10-7-18-11-19(17-5-6-17)12-23(31)25(18)27(39)41/h2-4,11-14,17,40H,5-10,15-16H2,1H3,(H3,32,34,35,36,37). The van der Waals surface area contributed by atoms with Crippen LogP contribution in [0.2, 0.25) is 0 Å². The number of aromatic nitrogens is 5. The van der Waals surface area contributed by atoms with Crippen LogP contribution in [-0.4, -0.2) is 42.3 Å². The van der Waals surface area contributed by atoms with Crippen molar-refractivity contribution < 1.29 is 14.3 Å². The van der Waals surface area contributed by atoms with Gasteiger partial charge in [-0.3, -0.25) is 9.48 Å². The number of nitrogen functional groups attached to an aromatic ring is 1. The van der Waals surface area contributed by atoms with Crippen LogP contribution in [0.25, 0.3) is 11.4 Å². The van der Waals surface area contributed by atoms with Crippen molar-refractivity contribution in [1.29, 1.82) is 0 Å². The summed E-state index contributed by atoms with van der Waals surface area (Å²) in [6.45, 7) is 3.07. The minimum Gasteiger partial charge on any atom is -0.392 e. The van der Waals surface area contributed by atoms with Crippen LogP contribution in [0.3, 0.4) is 0 Å². The molecule has 0 unspecified atom stereocenters. The van der Waals surface area contributed by atoms with E-state index in [1.807, 2.05) is 16.9 Å². The minimum absolute atomic E-state index is 0.00110. The largest absolute Gasteiger partial charge is 0.392 e. The van der Waals surface area contributed by atoms with Crippen molar-refractivity contribution in [3.05, 3.63) is 70.8 Å². The number of amides is 1. The number of anilines is 4. The number of rotatable bonds is 8. The Morgan fingerprint density at radius 3 is 2.78 bits per heavy atom. The molecule has 4 aromatic rings. The van der Waals surface area contributed by atoms with Crippen LogP contribution < -0.4 is 16.0 Å². The quantitative estimate of drug-likeness (QED) is 0.288. The summed E-state index contributed by atoms with van der Waals surface area (Å²) in [7, 11) is 0. The smallest absolute Gasteiger partial charge is 0.261 e. The number of nitrogens with zero attached hydrogens (tertiary/aromatic N) is 6. The number of benzene rings is 2. The molecule has 3 heterocycles. The van der Waals surface area contributed by atoms with E-state index in [1.165, 1.54) is 23.8 Å². The van der Waals surface area contributed by atoms with Crippen LogP contribution in [0.5, 0.6) is 0 Å². The molecular weight excluding hydrogens is 523 g/mol. The Morgan fingerprint density at radius 2 is 2.02 bits per heavy atom. The highest BCUT2D eigenvalue weighted by Gasteiger charge is 2.38. The molecule has 7 rings (SSSR count). The van der Waals surface area contributed by atoms with E-state index in [2.05, 4.69) is 32.3 Å². The molecule has 3 aliphatic rings. The van der Waals surface area contributed by atoms with Crippen molar-refractivity contribution in [2.75, 3.05) is 22.5 Å². The van der Waals surface area contributed by atoms with E-state index in [0.717, 1.165) is 30.5 Å². The molecule has 2 aromatic carbocycles. The lowest BCUT2D eigenvalue weighted by molar-refractivity contribution is 0.0976. The molecule has 2 aliphatic carbocycles. The van der Waals surface area contributed by atoms with E-state index < -0.39 is 11.7 Å². The van der Waals surface area contributed by atoms with Crippen molar-refractivity contribution in [2.24, 2.45) is 5.41 Å². The zero-order chi connectivity index (χ0) is 28.3. The Hall–Kier alpha value is -4.38. The van der Waals surface area contributed by atoms with E-state index in [9.17, 15) is 9.90 Å². The Labute approximate surface area is 236 Å². The molecule has 0 saturated heterocycles. The van der Waals surface area contributed by atoms with E-state index >= 15 is 4.39 Å². The first kappa shape index (κ1) is 25.6. The second-order valence-electron chi connectivity index (χ2n) is 11.7. The molecule has 0 bridgehead atoms. The Kier molecular flexibility index (Phi) is 6.00. The van der Waals surface area contributed by atoms with E-state index in [-0.39, 0.29) is 29.9 Å². The van der Waals surface area contributed by atoms with Crippen LogP contribution in [0.4, 0.5) is 27.7 Å². The summed E-state index contributed by atoms with van der Waals surface area (Å²) in [5.41, 5.74) is 10.3. The number of aliphatic hydroxyl groups is 1. The van der Waals surface area contributed by atoms with Crippen LogP contribution in [0, 0.1) is 11.2 Å². The summed E-state index contributed by atoms with van der Waals surface area (Å²) < 4.78 is 17.1. The highest BCUT2D eigenvalue weighted by Crippen LogP contribution is 2.46. The number of halogens is 1. The maximum Gasteiger partial charge on any atom is 0.261 e. The van der Waals surface area contributed by atoms with Crippen LogP contribution in [0.1, 0.15) is 65.6 Å². The highest BCUT2D eigenvalue weighted by molar-refractivity contribution is 6.09. The first-order valence-corrected chi connectivity index (χ1v) is 14.0. The molecule has 2 aromatic heterocycles. The average molecular weight is 555 g/mol. The van der Waals surface area contributed by atoms with Gasteiger partial charge in [-0.1, -0.05) is 25.1 Å². The molecule has 0 radical (unpaired) electrons. The first-order valence-electron chi connectivity index (χ1n) is 14.0. The molecule has 0 spiro atoms. The zero-order valence-electron chi connectivity index (χ0n) is 22.8. The van der Waals surface area contributed by atoms with Crippen molar-refractivity contribution >= 4 is 29.2 Å². The van der Waals surface area contributed by atoms with Gasteiger partial charge in [-0.2, -0.15) is 20.1 Å². The van der Waals surface area contributed by atoms with E-state index in [1.54, 1.807) is 24.4 Å². The number of carbonyl (C=O) groups excluding carboxylic acids is 1. The van der Waals surface area contributed by atoms with E-state index in [4.69, 9.17) is 5.73 Å². The fourth-order valence-electron chi connectivity index (χ4n) is 5.65. The van der Waals surface area contributed by atoms with Crippen LogP contribution >= 0.6 is 0 Å². The normalized spacial score (nSPS) is 17.4. The maximum absolute atomic E-state index is 15.2. The van der Waals surface area contributed by atoms with Gasteiger partial charge in [0, 0.05) is 30.4 Å². The molecule has 4 N–H and O–H groups in total. The summed E-state index contributed by atoms with van der Waals surface area (Å²) in [5.74, 6) is -0.0374. The first-order chi connectivity index (χ1) is 19.8. The number of aliphatic hydroxyl groups excluding tert-OH is 1. The summed E-state index contributed by atoms with van der Waals surface area (Å²) in [6, 6.07) is 8.74. The molecule has 1 aliphatic heterocycles. The summed E-state index contributed by atoms with van der Waals surface area (Å²) in [6.07, 6.45) is 8.64.